The Morgan fingerprint density at radius 3 is 2.80 bits per heavy atom. The van der Waals surface area contributed by atoms with E-state index in [4.69, 9.17) is 10.5 Å². The van der Waals surface area contributed by atoms with Crippen LogP contribution in [0.4, 0.5) is 11.5 Å². The van der Waals surface area contributed by atoms with Gasteiger partial charge in [0.2, 0.25) is 0 Å². The molecule has 1 aromatic rings. The van der Waals surface area contributed by atoms with Crippen molar-refractivity contribution in [3.63, 3.8) is 0 Å². The highest BCUT2D eigenvalue weighted by molar-refractivity contribution is 7.79. The standard InChI is InChI=1S/C10H15N3OS/c11-10-6-9(5-8(7-15)12-10)13-1-3-14-4-2-13/h5-6,15H,1-4,7H2,(H2,11,12). The molecule has 2 rings (SSSR count). The highest BCUT2D eigenvalue weighted by Crippen LogP contribution is 2.20. The molecule has 0 spiro atoms. The lowest BCUT2D eigenvalue weighted by Gasteiger charge is -2.29. The molecule has 0 radical (unpaired) electrons. The lowest BCUT2D eigenvalue weighted by molar-refractivity contribution is 0.122. The Balaban J connectivity index is 2.22. The van der Waals surface area contributed by atoms with Gasteiger partial charge in [0.25, 0.3) is 0 Å². The van der Waals surface area contributed by atoms with Crippen LogP contribution in [0.25, 0.3) is 0 Å². The van der Waals surface area contributed by atoms with Crippen molar-refractivity contribution in [1.29, 1.82) is 0 Å². The number of nitrogen functional groups attached to an aromatic ring is 1. The molecule has 1 fully saturated rings. The first-order chi connectivity index (χ1) is 7.29. The third-order valence-electron chi connectivity index (χ3n) is 2.42. The topological polar surface area (TPSA) is 51.4 Å². The quantitative estimate of drug-likeness (QED) is 0.735. The number of thiol groups is 1. The molecule has 82 valence electrons. The van der Waals surface area contributed by atoms with Gasteiger partial charge in [-0.3, -0.25) is 0 Å². The van der Waals surface area contributed by atoms with Crippen molar-refractivity contribution in [2.24, 2.45) is 0 Å². The molecule has 0 atom stereocenters. The fourth-order valence-corrected chi connectivity index (χ4v) is 1.84. The van der Waals surface area contributed by atoms with Crippen LogP contribution in [0.5, 0.6) is 0 Å². The minimum Gasteiger partial charge on any atom is -0.384 e. The van der Waals surface area contributed by atoms with E-state index in [2.05, 4.69) is 22.5 Å². The Labute approximate surface area is 94.8 Å². The lowest BCUT2D eigenvalue weighted by atomic mass is 10.2. The van der Waals surface area contributed by atoms with Crippen LogP contribution in [0.1, 0.15) is 5.69 Å². The van der Waals surface area contributed by atoms with Gasteiger partial charge in [0.1, 0.15) is 5.82 Å². The van der Waals surface area contributed by atoms with Gasteiger partial charge in [-0.1, -0.05) is 0 Å². The number of hydrogen-bond donors (Lipinski definition) is 2. The van der Waals surface area contributed by atoms with Crippen molar-refractivity contribution < 1.29 is 4.74 Å². The number of aromatic nitrogens is 1. The van der Waals surface area contributed by atoms with Crippen LogP contribution in [-0.4, -0.2) is 31.3 Å². The van der Waals surface area contributed by atoms with Crippen molar-refractivity contribution in [2.45, 2.75) is 5.75 Å². The Morgan fingerprint density at radius 2 is 2.13 bits per heavy atom. The van der Waals surface area contributed by atoms with Crippen molar-refractivity contribution in [3.8, 4) is 0 Å². The van der Waals surface area contributed by atoms with E-state index < -0.39 is 0 Å². The summed E-state index contributed by atoms with van der Waals surface area (Å²) in [6, 6.07) is 3.94. The molecule has 0 amide bonds. The maximum absolute atomic E-state index is 5.74. The smallest absolute Gasteiger partial charge is 0.125 e. The molecular formula is C10H15N3OS. The molecule has 0 aromatic carbocycles. The molecule has 0 unspecified atom stereocenters. The van der Waals surface area contributed by atoms with Gasteiger partial charge in [0.15, 0.2) is 0 Å². The van der Waals surface area contributed by atoms with Crippen LogP contribution in [0.3, 0.4) is 0 Å². The maximum Gasteiger partial charge on any atom is 0.125 e. The zero-order valence-electron chi connectivity index (χ0n) is 8.52. The number of rotatable bonds is 2. The van der Waals surface area contributed by atoms with Crippen LogP contribution < -0.4 is 10.6 Å². The number of morpholine rings is 1. The van der Waals surface area contributed by atoms with E-state index in [0.717, 1.165) is 37.7 Å². The molecule has 4 nitrogen and oxygen atoms in total. The van der Waals surface area contributed by atoms with Crippen LogP contribution in [0, 0.1) is 0 Å². The monoisotopic (exact) mass is 225 g/mol. The summed E-state index contributed by atoms with van der Waals surface area (Å²) in [5.74, 6) is 1.17. The SMILES string of the molecule is Nc1cc(N2CCOCC2)cc(CS)n1. The van der Waals surface area contributed by atoms with Crippen molar-refractivity contribution in [3.05, 3.63) is 17.8 Å². The minimum atomic E-state index is 0.558. The third kappa shape index (κ3) is 2.54. The van der Waals surface area contributed by atoms with Gasteiger partial charge in [-0.15, -0.1) is 0 Å². The van der Waals surface area contributed by atoms with Crippen LogP contribution in [0.2, 0.25) is 0 Å². The van der Waals surface area contributed by atoms with Crippen LogP contribution >= 0.6 is 12.6 Å². The van der Waals surface area contributed by atoms with Gasteiger partial charge in [0, 0.05) is 30.6 Å². The molecule has 1 aliphatic heterocycles. The summed E-state index contributed by atoms with van der Waals surface area (Å²) in [5, 5.41) is 0. The Hall–Kier alpha value is -0.940. The van der Waals surface area contributed by atoms with Crippen molar-refractivity contribution in [1.82, 2.24) is 4.98 Å². The fraction of sp³-hybridized carbons (Fsp3) is 0.500. The Morgan fingerprint density at radius 1 is 1.40 bits per heavy atom. The van der Waals surface area contributed by atoms with E-state index in [1.165, 1.54) is 0 Å². The molecule has 5 heteroatoms. The first-order valence-corrected chi connectivity index (χ1v) is 5.63. The second kappa shape index (κ2) is 4.72. The van der Waals surface area contributed by atoms with Gasteiger partial charge < -0.3 is 15.4 Å². The average molecular weight is 225 g/mol. The predicted octanol–water partition coefficient (Wildman–Crippen LogP) is 0.930. The number of hydrogen-bond acceptors (Lipinski definition) is 5. The van der Waals surface area contributed by atoms with Crippen LogP contribution in [0.15, 0.2) is 12.1 Å². The molecule has 0 bridgehead atoms. The molecule has 0 saturated carbocycles. The van der Waals surface area contributed by atoms with Gasteiger partial charge in [-0.25, -0.2) is 4.98 Å². The van der Waals surface area contributed by atoms with Gasteiger partial charge in [0.05, 0.1) is 18.9 Å². The molecule has 1 saturated heterocycles. The summed E-state index contributed by atoms with van der Waals surface area (Å²) < 4.78 is 5.30. The zero-order valence-corrected chi connectivity index (χ0v) is 9.41. The second-order valence-electron chi connectivity index (χ2n) is 3.50. The number of ether oxygens (including phenoxy) is 1. The largest absolute Gasteiger partial charge is 0.384 e. The zero-order chi connectivity index (χ0) is 10.7. The van der Waals surface area contributed by atoms with E-state index in [9.17, 15) is 0 Å². The first kappa shape index (κ1) is 10.6. The first-order valence-electron chi connectivity index (χ1n) is 4.99. The summed E-state index contributed by atoms with van der Waals surface area (Å²) in [6.07, 6.45) is 0. The maximum atomic E-state index is 5.74. The summed E-state index contributed by atoms with van der Waals surface area (Å²) >= 11 is 4.21. The average Bonchev–Trinajstić information content (AvgIpc) is 2.29. The van der Waals surface area contributed by atoms with E-state index in [1.54, 1.807) is 0 Å². The van der Waals surface area contributed by atoms with E-state index in [0.29, 0.717) is 11.6 Å². The predicted molar refractivity (Wildman–Crippen MR) is 64.4 cm³/mol. The number of nitrogens with two attached hydrogens (primary N) is 1. The highest BCUT2D eigenvalue weighted by Gasteiger charge is 2.12. The fourth-order valence-electron chi connectivity index (χ4n) is 1.68. The van der Waals surface area contributed by atoms with E-state index in [-0.39, 0.29) is 0 Å². The molecule has 2 heterocycles. The second-order valence-corrected chi connectivity index (χ2v) is 3.82. The summed E-state index contributed by atoms with van der Waals surface area (Å²) in [7, 11) is 0. The van der Waals surface area contributed by atoms with E-state index in [1.807, 2.05) is 12.1 Å². The van der Waals surface area contributed by atoms with E-state index >= 15 is 0 Å². The lowest BCUT2D eigenvalue weighted by Crippen LogP contribution is -2.36. The summed E-state index contributed by atoms with van der Waals surface area (Å²) in [5.41, 5.74) is 7.78. The molecule has 1 aromatic heterocycles. The molecular weight excluding hydrogens is 210 g/mol. The van der Waals surface area contributed by atoms with Gasteiger partial charge in [-0.05, 0) is 6.07 Å². The summed E-state index contributed by atoms with van der Waals surface area (Å²) in [4.78, 5) is 6.45. The van der Waals surface area contributed by atoms with Crippen molar-refractivity contribution in [2.75, 3.05) is 36.9 Å². The molecule has 15 heavy (non-hydrogen) atoms. The molecule has 1 aliphatic rings. The number of nitrogens with zero attached hydrogens (tertiary/aromatic N) is 2. The Kier molecular flexibility index (Phi) is 3.33. The number of anilines is 2. The van der Waals surface area contributed by atoms with Crippen molar-refractivity contribution >= 4 is 24.1 Å². The highest BCUT2D eigenvalue weighted by atomic mass is 32.1. The molecule has 0 aliphatic carbocycles. The Bertz CT molecular complexity index is 339. The third-order valence-corrected chi connectivity index (χ3v) is 2.75. The van der Waals surface area contributed by atoms with Gasteiger partial charge in [-0.2, -0.15) is 12.6 Å². The molecule has 2 N–H and O–H groups in total. The number of pyridine rings is 1. The normalized spacial score (nSPS) is 16.7. The summed E-state index contributed by atoms with van der Waals surface area (Å²) in [6.45, 7) is 3.38. The minimum absolute atomic E-state index is 0.558. The van der Waals surface area contributed by atoms with Crippen LogP contribution in [-0.2, 0) is 10.5 Å². The van der Waals surface area contributed by atoms with Gasteiger partial charge >= 0.3 is 0 Å².